The van der Waals surface area contributed by atoms with Crippen LogP contribution >= 0.6 is 11.6 Å². The number of hydrogen-bond acceptors (Lipinski definition) is 6. The summed E-state index contributed by atoms with van der Waals surface area (Å²) >= 11 is 6.78. The number of methoxy groups -OCH3 is 1. The molecular weight excluding hydrogens is 476 g/mol. The zero-order valence-electron chi connectivity index (χ0n) is 21.2. The Bertz CT molecular complexity index is 1390. The SMILES string of the molecule is COC(C)C12CC3(n4cc(-n5ncc6cc(Cl)c(N7CCN(C8(C)COC8)CC7)cc65)cn4)CC13C2. The van der Waals surface area contributed by atoms with E-state index in [2.05, 4.69) is 46.7 Å². The van der Waals surface area contributed by atoms with Gasteiger partial charge in [0.1, 0.15) is 5.69 Å². The van der Waals surface area contributed by atoms with E-state index in [1.54, 1.807) is 0 Å². The number of halogens is 1. The summed E-state index contributed by atoms with van der Waals surface area (Å²) in [6.07, 6.45) is 10.1. The highest BCUT2D eigenvalue weighted by Gasteiger charge is 2.99. The Balaban J connectivity index is 1.06. The van der Waals surface area contributed by atoms with E-state index in [0.29, 0.717) is 16.9 Å². The van der Waals surface area contributed by atoms with E-state index in [1.807, 2.05) is 24.2 Å². The number of anilines is 1. The fourth-order valence-corrected chi connectivity index (χ4v) is 8.48. The van der Waals surface area contributed by atoms with Crippen LogP contribution in [0, 0.1) is 10.8 Å². The highest BCUT2D eigenvalue weighted by Crippen LogP contribution is 2.99. The van der Waals surface area contributed by atoms with Crippen molar-refractivity contribution in [3.8, 4) is 5.69 Å². The van der Waals surface area contributed by atoms with Crippen molar-refractivity contribution in [1.82, 2.24) is 24.5 Å². The van der Waals surface area contributed by atoms with Gasteiger partial charge in [-0.25, -0.2) is 4.68 Å². The number of aromatic nitrogens is 4. The molecule has 5 fully saturated rings. The molecule has 4 unspecified atom stereocenters. The van der Waals surface area contributed by atoms with Crippen LogP contribution in [0.15, 0.2) is 30.7 Å². The highest BCUT2D eigenvalue weighted by atomic mass is 35.5. The van der Waals surface area contributed by atoms with E-state index in [1.165, 1.54) is 19.3 Å². The Morgan fingerprint density at radius 3 is 2.56 bits per heavy atom. The molecule has 3 saturated carbocycles. The molecular formula is C27H33ClN6O2. The maximum absolute atomic E-state index is 6.78. The summed E-state index contributed by atoms with van der Waals surface area (Å²) in [5.74, 6) is 0. The quantitative estimate of drug-likeness (QED) is 0.506. The first-order chi connectivity index (χ1) is 17.3. The summed E-state index contributed by atoms with van der Waals surface area (Å²) in [6.45, 7) is 10.2. The summed E-state index contributed by atoms with van der Waals surface area (Å²) in [7, 11) is 1.84. The number of fused-ring (bicyclic) bond motifs is 1. The van der Waals surface area contributed by atoms with Gasteiger partial charge < -0.3 is 14.4 Å². The Morgan fingerprint density at radius 1 is 1.06 bits per heavy atom. The van der Waals surface area contributed by atoms with Gasteiger partial charge >= 0.3 is 0 Å². The van der Waals surface area contributed by atoms with Crippen LogP contribution in [0.25, 0.3) is 16.6 Å². The molecule has 1 aromatic carbocycles. The van der Waals surface area contributed by atoms with Gasteiger partial charge in [-0.3, -0.25) is 9.58 Å². The van der Waals surface area contributed by atoms with Crippen LogP contribution in [-0.4, -0.2) is 82.6 Å². The van der Waals surface area contributed by atoms with Gasteiger partial charge in [-0.2, -0.15) is 10.2 Å². The predicted octanol–water partition coefficient (Wildman–Crippen LogP) is 3.70. The molecule has 190 valence electrons. The number of ether oxygens (including phenoxy) is 2. The van der Waals surface area contributed by atoms with E-state index < -0.39 is 0 Å². The summed E-state index contributed by atoms with van der Waals surface area (Å²) < 4.78 is 15.4. The van der Waals surface area contributed by atoms with Crippen LogP contribution < -0.4 is 4.90 Å². The predicted molar refractivity (Wildman–Crippen MR) is 138 cm³/mol. The summed E-state index contributed by atoms with van der Waals surface area (Å²) in [4.78, 5) is 4.97. The van der Waals surface area contributed by atoms with Crippen LogP contribution in [0.1, 0.15) is 33.1 Å². The third-order valence-electron chi connectivity index (χ3n) is 10.6. The fraction of sp³-hybridized carbons (Fsp3) is 0.630. The van der Waals surface area contributed by atoms with Crippen molar-refractivity contribution in [2.24, 2.45) is 10.8 Å². The van der Waals surface area contributed by atoms with E-state index >= 15 is 0 Å². The molecule has 2 saturated heterocycles. The minimum atomic E-state index is 0.192. The normalized spacial score (nSPS) is 35.1. The minimum absolute atomic E-state index is 0.192. The molecule has 5 aliphatic rings. The molecule has 4 atom stereocenters. The third kappa shape index (κ3) is 2.52. The maximum atomic E-state index is 6.78. The van der Waals surface area contributed by atoms with Crippen LogP contribution in [0.3, 0.4) is 0 Å². The first-order valence-corrected chi connectivity index (χ1v) is 13.6. The molecule has 3 aliphatic carbocycles. The summed E-state index contributed by atoms with van der Waals surface area (Å²) in [5.41, 5.74) is 4.35. The Kier molecular flexibility index (Phi) is 4.16. The lowest BCUT2D eigenvalue weighted by atomic mass is 9.76. The lowest BCUT2D eigenvalue weighted by molar-refractivity contribution is -0.131. The fourth-order valence-electron chi connectivity index (χ4n) is 8.19. The molecule has 4 heterocycles. The molecule has 0 bridgehead atoms. The first kappa shape index (κ1) is 21.9. The van der Waals surface area contributed by atoms with E-state index in [9.17, 15) is 0 Å². The van der Waals surface area contributed by atoms with E-state index in [4.69, 9.17) is 31.3 Å². The minimum Gasteiger partial charge on any atom is -0.381 e. The molecule has 9 heteroatoms. The van der Waals surface area contributed by atoms with Gasteiger partial charge in [0.2, 0.25) is 0 Å². The van der Waals surface area contributed by atoms with Crippen LogP contribution in [0.2, 0.25) is 5.02 Å². The monoisotopic (exact) mass is 508 g/mol. The smallest absolute Gasteiger partial charge is 0.103 e. The molecule has 2 aromatic heterocycles. The van der Waals surface area contributed by atoms with Crippen molar-refractivity contribution in [1.29, 1.82) is 0 Å². The molecule has 0 radical (unpaired) electrons. The zero-order chi connectivity index (χ0) is 24.5. The van der Waals surface area contributed by atoms with Crippen molar-refractivity contribution in [3.63, 3.8) is 0 Å². The Labute approximate surface area is 216 Å². The molecule has 0 amide bonds. The van der Waals surface area contributed by atoms with Gasteiger partial charge in [0.15, 0.2) is 0 Å². The number of rotatable bonds is 6. The zero-order valence-corrected chi connectivity index (χ0v) is 22.0. The van der Waals surface area contributed by atoms with Crippen LogP contribution in [0.4, 0.5) is 5.69 Å². The number of piperazine rings is 1. The summed E-state index contributed by atoms with van der Waals surface area (Å²) in [5, 5.41) is 11.4. The standard InChI is InChI=1S/C27H33ClN6O2/c1-18(35-3)25-13-26(25)15-27(26,14-25)33-12-20(11-29-33)34-22-9-23(21(28)8-19(22)10-30-34)31-4-6-32(7-5-31)24(2)16-36-17-24/h8-12,18H,4-7,13-17H2,1-3H3. The maximum Gasteiger partial charge on any atom is 0.103 e. The second-order valence-corrected chi connectivity index (χ2v) is 12.6. The second-order valence-electron chi connectivity index (χ2n) is 12.2. The second kappa shape index (κ2) is 6.84. The number of nitrogens with zero attached hydrogens (tertiary/aromatic N) is 6. The van der Waals surface area contributed by atoms with Crippen molar-refractivity contribution in [3.05, 3.63) is 35.7 Å². The van der Waals surface area contributed by atoms with Crippen LogP contribution in [-0.2, 0) is 15.0 Å². The van der Waals surface area contributed by atoms with Gasteiger partial charge in [-0.1, -0.05) is 11.6 Å². The van der Waals surface area contributed by atoms with Gasteiger partial charge in [0.05, 0.1) is 65.2 Å². The molecule has 0 N–H and O–H groups in total. The molecule has 8 nitrogen and oxygen atoms in total. The van der Waals surface area contributed by atoms with Gasteiger partial charge in [-0.05, 0) is 45.2 Å². The van der Waals surface area contributed by atoms with Crippen molar-refractivity contribution >= 4 is 28.2 Å². The van der Waals surface area contributed by atoms with Gasteiger partial charge in [-0.15, -0.1) is 0 Å². The largest absolute Gasteiger partial charge is 0.381 e. The van der Waals surface area contributed by atoms with Crippen molar-refractivity contribution in [2.45, 2.75) is 50.3 Å². The van der Waals surface area contributed by atoms with Crippen LogP contribution in [0.5, 0.6) is 0 Å². The molecule has 2 aliphatic heterocycles. The van der Waals surface area contributed by atoms with E-state index in [-0.39, 0.29) is 11.1 Å². The molecule has 3 aromatic rings. The van der Waals surface area contributed by atoms with Gasteiger partial charge in [0, 0.05) is 49.5 Å². The molecule has 36 heavy (non-hydrogen) atoms. The number of hydrogen-bond donors (Lipinski definition) is 0. The average Bonchev–Trinajstić information content (AvgIpc) is 3.33. The topological polar surface area (TPSA) is 60.6 Å². The van der Waals surface area contributed by atoms with Crippen molar-refractivity contribution < 1.29 is 9.47 Å². The lowest BCUT2D eigenvalue weighted by Gasteiger charge is -2.50. The average molecular weight is 509 g/mol. The lowest BCUT2D eigenvalue weighted by Crippen LogP contribution is -2.64. The number of benzene rings is 1. The highest BCUT2D eigenvalue weighted by molar-refractivity contribution is 6.34. The van der Waals surface area contributed by atoms with Crippen molar-refractivity contribution in [2.75, 3.05) is 51.4 Å². The van der Waals surface area contributed by atoms with Gasteiger partial charge in [0.25, 0.3) is 0 Å². The summed E-state index contributed by atoms with van der Waals surface area (Å²) in [6, 6.07) is 4.26. The Morgan fingerprint density at radius 2 is 1.86 bits per heavy atom. The molecule has 8 rings (SSSR count). The third-order valence-corrected chi connectivity index (χ3v) is 10.9. The Hall–Kier alpha value is -2.13. The molecule has 1 spiro atoms. The first-order valence-electron chi connectivity index (χ1n) is 13.2. The van der Waals surface area contributed by atoms with E-state index in [0.717, 1.165) is 66.7 Å².